The van der Waals surface area contributed by atoms with E-state index in [4.69, 9.17) is 11.6 Å². The summed E-state index contributed by atoms with van der Waals surface area (Å²) in [7, 11) is -3.89. The maximum absolute atomic E-state index is 13.6. The number of sulfonamides is 1. The number of aryl methyl sites for hydroxylation is 1. The van der Waals surface area contributed by atoms with Gasteiger partial charge in [-0.3, -0.25) is 0 Å². The van der Waals surface area contributed by atoms with Gasteiger partial charge in [-0.2, -0.15) is 4.98 Å². The molecule has 5 rings (SSSR count). The lowest BCUT2D eigenvalue weighted by Crippen LogP contribution is -2.20. The monoisotopic (exact) mass is 495 g/mol. The summed E-state index contributed by atoms with van der Waals surface area (Å²) in [6.45, 7) is 1.88. The minimum absolute atomic E-state index is 0.0825. The van der Waals surface area contributed by atoms with E-state index in [2.05, 4.69) is 20.1 Å². The van der Waals surface area contributed by atoms with Crippen LogP contribution >= 0.6 is 11.6 Å². The van der Waals surface area contributed by atoms with E-state index >= 15 is 0 Å². The highest BCUT2D eigenvalue weighted by Crippen LogP contribution is 2.34. The van der Waals surface area contributed by atoms with Gasteiger partial charge in [-0.25, -0.2) is 22.2 Å². The maximum Gasteiger partial charge on any atom is 0.264 e. The van der Waals surface area contributed by atoms with Crippen LogP contribution in [0, 0.1) is 12.7 Å². The highest BCUT2D eigenvalue weighted by atomic mass is 35.5. The second kappa shape index (κ2) is 8.58. The van der Waals surface area contributed by atoms with E-state index in [9.17, 15) is 12.8 Å². The Kier molecular flexibility index (Phi) is 5.59. The van der Waals surface area contributed by atoms with Gasteiger partial charge in [-0.1, -0.05) is 53.6 Å². The molecule has 0 spiro atoms. The number of aromatic nitrogens is 3. The normalized spacial score (nSPS) is 15.3. The first-order valence-electron chi connectivity index (χ1n) is 10.3. The third-order valence-corrected chi connectivity index (χ3v) is 6.99. The number of hydrogen-bond acceptors (Lipinski definition) is 5. The van der Waals surface area contributed by atoms with Gasteiger partial charge in [0, 0.05) is 10.7 Å². The van der Waals surface area contributed by atoms with E-state index in [1.165, 1.54) is 24.3 Å². The first kappa shape index (κ1) is 22.1. The molecule has 1 aliphatic heterocycles. The molecule has 4 aromatic rings. The number of fused-ring (bicyclic) bond motifs is 1. The van der Waals surface area contributed by atoms with Gasteiger partial charge in [0.2, 0.25) is 5.95 Å². The molecular formula is C24H19ClFN5O2S. The summed E-state index contributed by atoms with van der Waals surface area (Å²) in [6.07, 6.45) is 1.91. The molecule has 0 unspecified atom stereocenters. The number of hydrogen-bond donors (Lipinski definition) is 2. The van der Waals surface area contributed by atoms with E-state index in [1.54, 1.807) is 41.1 Å². The van der Waals surface area contributed by atoms with E-state index in [0.29, 0.717) is 11.0 Å². The lowest BCUT2D eigenvalue weighted by molar-refractivity contribution is 0.597. The van der Waals surface area contributed by atoms with Gasteiger partial charge in [0.05, 0.1) is 4.90 Å². The van der Waals surface area contributed by atoms with E-state index in [1.807, 2.05) is 25.1 Å². The molecule has 10 heteroatoms. The molecule has 0 amide bonds. The van der Waals surface area contributed by atoms with E-state index in [0.717, 1.165) is 22.4 Å². The van der Waals surface area contributed by atoms with Crippen molar-refractivity contribution in [3.8, 4) is 0 Å². The summed E-state index contributed by atoms with van der Waals surface area (Å²) in [4.78, 5) is 4.48. The first-order chi connectivity index (χ1) is 16.3. The van der Waals surface area contributed by atoms with E-state index < -0.39 is 16.1 Å². The van der Waals surface area contributed by atoms with Crippen LogP contribution < -0.4 is 10.0 Å². The summed E-state index contributed by atoms with van der Waals surface area (Å²) in [5.74, 6) is -0.103. The molecule has 0 saturated carbocycles. The molecule has 0 bridgehead atoms. The summed E-state index contributed by atoms with van der Waals surface area (Å²) in [5.41, 5.74) is 3.29. The highest BCUT2D eigenvalue weighted by Gasteiger charge is 2.27. The summed E-state index contributed by atoms with van der Waals surface area (Å²) in [5, 5.41) is 8.19. The fourth-order valence-electron chi connectivity index (χ4n) is 3.63. The van der Waals surface area contributed by atoms with Crippen molar-refractivity contribution in [3.05, 3.63) is 106 Å². The van der Waals surface area contributed by atoms with Crippen LogP contribution in [-0.4, -0.2) is 23.2 Å². The maximum atomic E-state index is 13.6. The van der Waals surface area contributed by atoms with Gasteiger partial charge in [0.25, 0.3) is 16.0 Å². The Bertz CT molecular complexity index is 1480. The number of allylic oxidation sites excluding steroid dienone is 1. The summed E-state index contributed by atoms with van der Waals surface area (Å²) in [6, 6.07) is 19.3. The van der Waals surface area contributed by atoms with Crippen molar-refractivity contribution in [2.75, 3.05) is 10.0 Å². The van der Waals surface area contributed by atoms with Crippen molar-refractivity contribution in [1.82, 2.24) is 14.8 Å². The van der Waals surface area contributed by atoms with Crippen molar-refractivity contribution < 1.29 is 12.8 Å². The molecule has 2 heterocycles. The molecule has 3 aromatic carbocycles. The van der Waals surface area contributed by atoms with Crippen molar-refractivity contribution in [2.24, 2.45) is 0 Å². The van der Waals surface area contributed by atoms with Gasteiger partial charge in [0.1, 0.15) is 11.9 Å². The highest BCUT2D eigenvalue weighted by molar-refractivity contribution is 7.92. The third kappa shape index (κ3) is 4.40. The average molecular weight is 496 g/mol. The fraction of sp³-hybridized carbons (Fsp3) is 0.0833. The molecule has 172 valence electrons. The molecule has 0 fully saturated rings. The minimum Gasteiger partial charge on any atom is -0.324 e. The van der Waals surface area contributed by atoms with Crippen molar-refractivity contribution in [1.29, 1.82) is 0 Å². The zero-order valence-corrected chi connectivity index (χ0v) is 19.5. The molecule has 0 aliphatic carbocycles. The molecule has 1 aliphatic rings. The number of rotatable bonds is 5. The fourth-order valence-corrected chi connectivity index (χ4v) is 4.69. The van der Waals surface area contributed by atoms with E-state index in [-0.39, 0.29) is 16.7 Å². The van der Waals surface area contributed by atoms with Crippen LogP contribution in [0.1, 0.15) is 22.7 Å². The number of anilines is 2. The van der Waals surface area contributed by atoms with Gasteiger partial charge < -0.3 is 5.32 Å². The van der Waals surface area contributed by atoms with Crippen LogP contribution in [0.15, 0.2) is 83.8 Å². The van der Waals surface area contributed by atoms with Crippen LogP contribution in [-0.2, 0) is 10.0 Å². The predicted octanol–water partition coefficient (Wildman–Crippen LogP) is 5.24. The molecule has 0 radical (unpaired) electrons. The van der Waals surface area contributed by atoms with Gasteiger partial charge >= 0.3 is 0 Å². The first-order valence-corrected chi connectivity index (χ1v) is 12.2. The number of halogens is 2. The third-order valence-electron chi connectivity index (χ3n) is 5.39. The van der Waals surface area contributed by atoms with Crippen molar-refractivity contribution >= 4 is 39.2 Å². The average Bonchev–Trinajstić information content (AvgIpc) is 3.21. The Hall–Kier alpha value is -3.69. The zero-order chi connectivity index (χ0) is 23.9. The van der Waals surface area contributed by atoms with Gasteiger partial charge in [-0.15, -0.1) is 5.10 Å². The van der Waals surface area contributed by atoms with Crippen molar-refractivity contribution in [2.45, 2.75) is 17.9 Å². The van der Waals surface area contributed by atoms with Crippen molar-refractivity contribution in [3.63, 3.8) is 0 Å². The molecule has 34 heavy (non-hydrogen) atoms. The summed E-state index contributed by atoms with van der Waals surface area (Å²) < 4.78 is 43.2. The number of nitrogens with one attached hydrogen (secondary N) is 2. The van der Waals surface area contributed by atoms with Crippen LogP contribution in [0.4, 0.5) is 16.3 Å². The van der Waals surface area contributed by atoms with Gasteiger partial charge in [0.15, 0.2) is 0 Å². The Morgan fingerprint density at radius 2 is 1.68 bits per heavy atom. The second-order valence-electron chi connectivity index (χ2n) is 7.83. The topological polar surface area (TPSA) is 88.9 Å². The van der Waals surface area contributed by atoms with Crippen LogP contribution in [0.3, 0.4) is 0 Å². The van der Waals surface area contributed by atoms with Crippen LogP contribution in [0.2, 0.25) is 5.02 Å². The second-order valence-corrected chi connectivity index (χ2v) is 9.95. The quantitative estimate of drug-likeness (QED) is 0.395. The molecule has 1 atom stereocenters. The Labute approximate surface area is 201 Å². The standard InChI is InChI=1S/C24H19ClFN5O2S/c1-15-2-12-20(13-3-15)34(32,33)30-23-28-24-27-21(16-4-8-18(25)9-5-16)14-22(31(24)29-23)17-6-10-19(26)11-7-17/h2-14,22H,1H3,(H2,27,28,29,30)/t22-/m1/s1. The van der Waals surface area contributed by atoms with Gasteiger partial charge in [-0.05, 0) is 60.5 Å². The Morgan fingerprint density at radius 3 is 2.35 bits per heavy atom. The number of nitrogens with zero attached hydrogens (tertiary/aromatic N) is 3. The lowest BCUT2D eigenvalue weighted by Gasteiger charge is -2.24. The zero-order valence-electron chi connectivity index (χ0n) is 17.9. The van der Waals surface area contributed by atoms with Crippen LogP contribution in [0.5, 0.6) is 0 Å². The molecule has 1 aromatic heterocycles. The summed E-state index contributed by atoms with van der Waals surface area (Å²) >= 11 is 6.03. The molecule has 0 saturated heterocycles. The number of benzene rings is 3. The predicted molar refractivity (Wildman–Crippen MR) is 130 cm³/mol. The Morgan fingerprint density at radius 1 is 1.00 bits per heavy atom. The largest absolute Gasteiger partial charge is 0.324 e. The Balaban J connectivity index is 1.53. The SMILES string of the molecule is Cc1ccc(S(=O)(=O)Nc2nc3n(n2)[C@@H](c2ccc(F)cc2)C=C(c2ccc(Cl)cc2)N3)cc1. The lowest BCUT2D eigenvalue weighted by atomic mass is 10.0. The molecule has 7 nitrogen and oxygen atoms in total. The smallest absolute Gasteiger partial charge is 0.264 e. The molecule has 2 N–H and O–H groups in total. The minimum atomic E-state index is -3.89. The van der Waals surface area contributed by atoms with Crippen LogP contribution in [0.25, 0.3) is 5.70 Å². The molecular weight excluding hydrogens is 477 g/mol.